The van der Waals surface area contributed by atoms with Crippen LogP contribution in [0.5, 0.6) is 0 Å². The molecule has 2 aromatic carbocycles. The van der Waals surface area contributed by atoms with Crippen LogP contribution < -0.4 is 0 Å². The summed E-state index contributed by atoms with van der Waals surface area (Å²) in [6.45, 7) is 0.815. The molecular weight excluding hydrogens is 346 g/mol. The molecule has 2 atom stereocenters. The van der Waals surface area contributed by atoms with Crippen molar-refractivity contribution in [2.45, 2.75) is 56.3 Å². The van der Waals surface area contributed by atoms with Crippen LogP contribution in [0.1, 0.15) is 48.8 Å². The summed E-state index contributed by atoms with van der Waals surface area (Å²) < 4.78 is 27.4. The Balaban J connectivity index is 1.65. The summed E-state index contributed by atoms with van der Waals surface area (Å²) in [5, 5.41) is 20.8. The quantitative estimate of drug-likeness (QED) is 0.881. The first-order valence-corrected chi connectivity index (χ1v) is 9.42. The average Bonchev–Trinajstić information content (AvgIpc) is 2.65. The van der Waals surface area contributed by atoms with E-state index in [-0.39, 0.29) is 23.2 Å². The van der Waals surface area contributed by atoms with E-state index in [9.17, 15) is 19.1 Å². The van der Waals surface area contributed by atoms with E-state index in [2.05, 4.69) is 17.0 Å². The summed E-state index contributed by atoms with van der Waals surface area (Å²) in [6, 6.07) is 14.4. The molecule has 3 nitrogen and oxygen atoms in total. The third kappa shape index (κ3) is 3.36. The third-order valence-corrected chi connectivity index (χ3v) is 6.05. The number of benzene rings is 2. The highest BCUT2D eigenvalue weighted by Crippen LogP contribution is 2.46. The molecule has 4 rings (SSSR count). The summed E-state index contributed by atoms with van der Waals surface area (Å²) in [7, 11) is 0. The lowest BCUT2D eigenvalue weighted by Crippen LogP contribution is -2.56. The van der Waals surface area contributed by atoms with Gasteiger partial charge in [0.1, 0.15) is 0 Å². The fourth-order valence-corrected chi connectivity index (χ4v) is 4.82. The highest BCUT2D eigenvalue weighted by Gasteiger charge is 2.47. The van der Waals surface area contributed by atoms with Crippen molar-refractivity contribution in [3.8, 4) is 6.07 Å². The predicted molar refractivity (Wildman–Crippen MR) is 97.6 cm³/mol. The van der Waals surface area contributed by atoms with Crippen molar-refractivity contribution in [2.75, 3.05) is 0 Å². The van der Waals surface area contributed by atoms with E-state index in [0.29, 0.717) is 12.8 Å². The molecule has 1 N–H and O–H groups in total. The summed E-state index contributed by atoms with van der Waals surface area (Å²) in [5.41, 5.74) is 0.166. The largest absolute Gasteiger partial charge is 0.385 e. The van der Waals surface area contributed by atoms with Crippen molar-refractivity contribution in [2.24, 2.45) is 0 Å². The molecule has 2 saturated heterocycles. The zero-order chi connectivity index (χ0) is 19.0. The summed E-state index contributed by atoms with van der Waals surface area (Å²) in [5.74, 6) is -2.07. The van der Waals surface area contributed by atoms with Crippen molar-refractivity contribution in [1.29, 1.82) is 5.26 Å². The molecule has 2 bridgehead atoms. The van der Waals surface area contributed by atoms with E-state index in [4.69, 9.17) is 0 Å². The van der Waals surface area contributed by atoms with Gasteiger partial charge in [-0.05, 0) is 43.4 Å². The van der Waals surface area contributed by atoms with Gasteiger partial charge < -0.3 is 5.11 Å². The highest BCUT2D eigenvalue weighted by molar-refractivity contribution is 5.43. The molecular formula is C22H22F2N2O. The van der Waals surface area contributed by atoms with E-state index in [0.717, 1.165) is 37.9 Å². The SMILES string of the molecule is N#Cc1cc(F)c(F)cc1C1(O)CC2CCCC(C1)N2Cc1ccccc1. The number of nitrogens with zero attached hydrogens (tertiary/aromatic N) is 2. The molecule has 0 aromatic heterocycles. The van der Waals surface area contributed by atoms with E-state index in [1.54, 1.807) is 0 Å². The van der Waals surface area contributed by atoms with Crippen LogP contribution in [-0.4, -0.2) is 22.1 Å². The monoisotopic (exact) mass is 368 g/mol. The number of halogens is 2. The van der Waals surface area contributed by atoms with Crippen molar-refractivity contribution >= 4 is 0 Å². The molecule has 0 saturated carbocycles. The molecule has 2 aliphatic heterocycles. The fraction of sp³-hybridized carbons (Fsp3) is 0.409. The highest BCUT2D eigenvalue weighted by atomic mass is 19.2. The minimum absolute atomic E-state index is 0.0194. The van der Waals surface area contributed by atoms with Gasteiger partial charge in [-0.15, -0.1) is 0 Å². The maximum atomic E-state index is 13.9. The van der Waals surface area contributed by atoms with Crippen molar-refractivity contribution in [3.05, 3.63) is 70.8 Å². The van der Waals surface area contributed by atoms with Crippen LogP contribution in [0.3, 0.4) is 0 Å². The molecule has 2 heterocycles. The van der Waals surface area contributed by atoms with Crippen LogP contribution in [0.4, 0.5) is 8.78 Å². The number of piperidine rings is 2. The Kier molecular flexibility index (Phi) is 4.71. The zero-order valence-electron chi connectivity index (χ0n) is 15.0. The normalized spacial score (nSPS) is 27.9. The molecule has 2 aliphatic rings. The Hall–Kier alpha value is -2.29. The second-order valence-corrected chi connectivity index (χ2v) is 7.76. The molecule has 5 heteroatoms. The second kappa shape index (κ2) is 7.03. The second-order valence-electron chi connectivity index (χ2n) is 7.76. The van der Waals surface area contributed by atoms with E-state index in [1.165, 1.54) is 5.56 Å². The van der Waals surface area contributed by atoms with Crippen LogP contribution in [0.2, 0.25) is 0 Å². The number of aliphatic hydroxyl groups is 1. The van der Waals surface area contributed by atoms with Gasteiger partial charge in [-0.25, -0.2) is 8.78 Å². The van der Waals surface area contributed by atoms with Crippen molar-refractivity contribution in [1.82, 2.24) is 4.90 Å². The Bertz CT molecular complexity index is 864. The van der Waals surface area contributed by atoms with Gasteiger partial charge in [0, 0.05) is 24.2 Å². The van der Waals surface area contributed by atoms with Gasteiger partial charge in [-0.1, -0.05) is 36.8 Å². The van der Waals surface area contributed by atoms with Crippen LogP contribution >= 0.6 is 0 Å². The van der Waals surface area contributed by atoms with Gasteiger partial charge in [0.05, 0.1) is 17.2 Å². The molecule has 0 radical (unpaired) electrons. The van der Waals surface area contributed by atoms with Gasteiger partial charge >= 0.3 is 0 Å². The maximum Gasteiger partial charge on any atom is 0.160 e. The Morgan fingerprint density at radius 2 is 1.70 bits per heavy atom. The third-order valence-electron chi connectivity index (χ3n) is 6.05. The predicted octanol–water partition coefficient (Wildman–Crippen LogP) is 4.24. The minimum Gasteiger partial charge on any atom is -0.385 e. The topological polar surface area (TPSA) is 47.3 Å². The first-order valence-electron chi connectivity index (χ1n) is 9.42. The number of hydrogen-bond donors (Lipinski definition) is 1. The molecule has 0 amide bonds. The molecule has 2 unspecified atom stereocenters. The molecule has 140 valence electrons. The minimum atomic E-state index is -1.30. The first kappa shape index (κ1) is 18.1. The van der Waals surface area contributed by atoms with Gasteiger partial charge in [0.2, 0.25) is 0 Å². The fourth-order valence-electron chi connectivity index (χ4n) is 4.82. The molecule has 2 fully saturated rings. The van der Waals surface area contributed by atoms with Gasteiger partial charge in [-0.2, -0.15) is 5.26 Å². The lowest BCUT2D eigenvalue weighted by molar-refractivity contribution is -0.100. The first-order chi connectivity index (χ1) is 13.0. The Morgan fingerprint density at radius 3 is 2.33 bits per heavy atom. The van der Waals surface area contributed by atoms with Crippen LogP contribution in [-0.2, 0) is 12.1 Å². The van der Waals surface area contributed by atoms with Crippen LogP contribution in [0, 0.1) is 23.0 Å². The lowest BCUT2D eigenvalue weighted by atomic mass is 9.71. The number of rotatable bonds is 3. The van der Waals surface area contributed by atoms with E-state index in [1.807, 2.05) is 24.3 Å². The average molecular weight is 368 g/mol. The van der Waals surface area contributed by atoms with Gasteiger partial charge in [0.25, 0.3) is 0 Å². The van der Waals surface area contributed by atoms with Crippen molar-refractivity contribution in [3.63, 3.8) is 0 Å². The number of nitriles is 1. The van der Waals surface area contributed by atoms with Gasteiger partial charge in [-0.3, -0.25) is 4.90 Å². The lowest BCUT2D eigenvalue weighted by Gasteiger charge is -2.52. The van der Waals surface area contributed by atoms with Gasteiger partial charge in [0.15, 0.2) is 11.6 Å². The van der Waals surface area contributed by atoms with Crippen LogP contribution in [0.15, 0.2) is 42.5 Å². The summed E-state index contributed by atoms with van der Waals surface area (Å²) in [6.07, 6.45) is 3.86. The van der Waals surface area contributed by atoms with E-state index < -0.39 is 17.2 Å². The molecule has 2 aromatic rings. The Labute approximate surface area is 157 Å². The van der Waals surface area contributed by atoms with Crippen LogP contribution in [0.25, 0.3) is 0 Å². The Morgan fingerprint density at radius 1 is 1.07 bits per heavy atom. The zero-order valence-corrected chi connectivity index (χ0v) is 15.0. The molecule has 0 aliphatic carbocycles. The smallest absolute Gasteiger partial charge is 0.160 e. The molecule has 0 spiro atoms. The summed E-state index contributed by atoms with van der Waals surface area (Å²) in [4.78, 5) is 2.43. The van der Waals surface area contributed by atoms with Crippen molar-refractivity contribution < 1.29 is 13.9 Å². The standard InChI is InChI=1S/C22H22F2N2O/c23-20-9-16(13-25)19(10-21(20)24)22(27)11-17-7-4-8-18(12-22)26(17)14-15-5-2-1-3-6-15/h1-3,5-6,9-10,17-18,27H,4,7-8,11-12,14H2. The molecule has 27 heavy (non-hydrogen) atoms. The van der Waals surface area contributed by atoms with E-state index >= 15 is 0 Å². The summed E-state index contributed by atoms with van der Waals surface area (Å²) >= 11 is 0. The maximum absolute atomic E-state index is 13.9. The number of hydrogen-bond acceptors (Lipinski definition) is 3. The number of fused-ring (bicyclic) bond motifs is 2.